The number of carbonyl (C=O) groups is 1. The molecule has 1 saturated heterocycles. The van der Waals surface area contributed by atoms with Crippen LogP contribution < -0.4 is 0 Å². The summed E-state index contributed by atoms with van der Waals surface area (Å²) < 4.78 is 7.13. The second-order valence-electron chi connectivity index (χ2n) is 6.55. The molecular formula is C18H20ClN3O2. The zero-order valence-electron chi connectivity index (χ0n) is 13.9. The summed E-state index contributed by atoms with van der Waals surface area (Å²) >= 11 is 6.43. The van der Waals surface area contributed by atoms with Crippen LogP contribution in [0.15, 0.2) is 18.2 Å². The number of amides is 1. The molecule has 0 N–H and O–H groups in total. The van der Waals surface area contributed by atoms with Crippen LogP contribution in [-0.4, -0.2) is 27.1 Å². The van der Waals surface area contributed by atoms with Gasteiger partial charge in [-0.25, -0.2) is 0 Å². The van der Waals surface area contributed by atoms with E-state index in [9.17, 15) is 4.79 Å². The van der Waals surface area contributed by atoms with Gasteiger partial charge >= 0.3 is 0 Å². The van der Waals surface area contributed by atoms with E-state index >= 15 is 0 Å². The Kier molecular flexibility index (Phi) is 3.85. The van der Waals surface area contributed by atoms with Gasteiger partial charge in [0.25, 0.3) is 5.91 Å². The molecule has 5 nitrogen and oxygen atoms in total. The molecule has 0 unspecified atom stereocenters. The maximum atomic E-state index is 13.1. The number of fused-ring (bicyclic) bond motifs is 1. The van der Waals surface area contributed by atoms with E-state index in [0.29, 0.717) is 18.4 Å². The average molecular weight is 346 g/mol. The van der Waals surface area contributed by atoms with Crippen molar-refractivity contribution in [2.24, 2.45) is 7.05 Å². The van der Waals surface area contributed by atoms with E-state index in [1.807, 2.05) is 37.1 Å². The number of likely N-dealkylation sites (tertiary alicyclic amines) is 1. The Hall–Kier alpha value is -1.85. The zero-order chi connectivity index (χ0) is 16.8. The molecule has 1 aromatic heterocycles. The molecule has 6 heteroatoms. The molecule has 24 heavy (non-hydrogen) atoms. The van der Waals surface area contributed by atoms with Gasteiger partial charge in [-0.15, -0.1) is 0 Å². The second kappa shape index (κ2) is 5.90. The highest BCUT2D eigenvalue weighted by atomic mass is 35.5. The lowest BCUT2D eigenvalue weighted by atomic mass is 10.0. The van der Waals surface area contributed by atoms with E-state index in [0.717, 1.165) is 41.8 Å². The molecule has 0 bridgehead atoms. The number of aryl methyl sites for hydroxylation is 2. The molecule has 2 aliphatic heterocycles. The quantitative estimate of drug-likeness (QED) is 0.838. The number of ether oxygens (including phenoxy) is 1. The number of nitrogens with zero attached hydrogens (tertiary/aromatic N) is 3. The fourth-order valence-corrected chi connectivity index (χ4v) is 4.11. The van der Waals surface area contributed by atoms with Crippen molar-refractivity contribution in [2.75, 3.05) is 6.54 Å². The molecule has 4 rings (SSSR count). The normalized spacial score (nSPS) is 19.8. The zero-order valence-corrected chi connectivity index (χ0v) is 14.6. The Labute approximate surface area is 146 Å². The molecule has 1 aromatic carbocycles. The maximum Gasteiger partial charge on any atom is 0.254 e. The number of rotatable bonds is 2. The lowest BCUT2D eigenvalue weighted by molar-refractivity contribution is 0.0735. The van der Waals surface area contributed by atoms with E-state index in [1.165, 1.54) is 5.56 Å². The average Bonchev–Trinajstić information content (AvgIpc) is 3.26. The first kappa shape index (κ1) is 15.7. The second-order valence-corrected chi connectivity index (χ2v) is 6.90. The van der Waals surface area contributed by atoms with Crippen molar-refractivity contribution in [2.45, 2.75) is 39.0 Å². The van der Waals surface area contributed by atoms with Crippen molar-refractivity contribution in [3.8, 4) is 0 Å². The standard InChI is InChI=1S/C18H20ClN3O2/c1-11-16(17(19)21(2)20-11)15-4-3-7-22(15)18(23)12-5-6-13-9-24-10-14(13)8-12/h5-6,8,15H,3-4,7,9-10H2,1-2H3/t15-/m1/s1. The van der Waals surface area contributed by atoms with Gasteiger partial charge in [-0.3, -0.25) is 9.48 Å². The predicted octanol–water partition coefficient (Wildman–Crippen LogP) is 3.39. The van der Waals surface area contributed by atoms with Gasteiger partial charge in [0.05, 0.1) is 24.9 Å². The molecule has 0 saturated carbocycles. The van der Waals surface area contributed by atoms with E-state index in [2.05, 4.69) is 5.10 Å². The van der Waals surface area contributed by atoms with Crippen molar-refractivity contribution in [1.29, 1.82) is 0 Å². The Morgan fingerprint density at radius 1 is 1.33 bits per heavy atom. The minimum atomic E-state index is 0.00297. The van der Waals surface area contributed by atoms with Gasteiger partial charge in [0, 0.05) is 24.7 Å². The molecule has 0 aliphatic carbocycles. The van der Waals surface area contributed by atoms with Crippen LogP contribution in [0, 0.1) is 6.92 Å². The SMILES string of the molecule is Cc1nn(C)c(Cl)c1[C@H]1CCCN1C(=O)c1ccc2c(c1)COC2. The van der Waals surface area contributed by atoms with Crippen LogP contribution in [0.1, 0.15) is 51.6 Å². The van der Waals surface area contributed by atoms with Crippen LogP contribution in [-0.2, 0) is 25.0 Å². The van der Waals surface area contributed by atoms with Crippen molar-refractivity contribution in [3.63, 3.8) is 0 Å². The number of aromatic nitrogens is 2. The largest absolute Gasteiger partial charge is 0.372 e. The van der Waals surface area contributed by atoms with Crippen LogP contribution in [0.5, 0.6) is 0 Å². The van der Waals surface area contributed by atoms with E-state index in [4.69, 9.17) is 16.3 Å². The van der Waals surface area contributed by atoms with Gasteiger partial charge in [-0.2, -0.15) is 5.10 Å². The van der Waals surface area contributed by atoms with Crippen molar-refractivity contribution < 1.29 is 9.53 Å². The van der Waals surface area contributed by atoms with E-state index < -0.39 is 0 Å². The molecule has 126 valence electrons. The lowest BCUT2D eigenvalue weighted by Gasteiger charge is -2.25. The van der Waals surface area contributed by atoms with Crippen LogP contribution in [0.4, 0.5) is 0 Å². The van der Waals surface area contributed by atoms with Gasteiger partial charge in [-0.05, 0) is 43.0 Å². The van der Waals surface area contributed by atoms with Gasteiger partial charge in [-0.1, -0.05) is 17.7 Å². The summed E-state index contributed by atoms with van der Waals surface area (Å²) in [5.41, 5.74) is 4.90. The smallest absolute Gasteiger partial charge is 0.254 e. The molecule has 0 spiro atoms. The third-order valence-corrected chi connectivity index (χ3v) is 5.46. The molecule has 3 heterocycles. The summed E-state index contributed by atoms with van der Waals surface area (Å²) in [6.45, 7) is 3.94. The third kappa shape index (κ3) is 2.43. The Bertz CT molecular complexity index is 815. The fraction of sp³-hybridized carbons (Fsp3) is 0.444. The Balaban J connectivity index is 1.66. The fourth-order valence-electron chi connectivity index (χ4n) is 3.81. The Morgan fingerprint density at radius 3 is 2.88 bits per heavy atom. The molecule has 2 aliphatic rings. The van der Waals surface area contributed by atoms with Crippen LogP contribution in [0.3, 0.4) is 0 Å². The van der Waals surface area contributed by atoms with Crippen LogP contribution >= 0.6 is 11.6 Å². The van der Waals surface area contributed by atoms with Crippen LogP contribution in [0.25, 0.3) is 0 Å². The van der Waals surface area contributed by atoms with Gasteiger partial charge in [0.1, 0.15) is 5.15 Å². The third-order valence-electron chi connectivity index (χ3n) is 5.01. The lowest BCUT2D eigenvalue weighted by Crippen LogP contribution is -2.31. The summed E-state index contributed by atoms with van der Waals surface area (Å²) in [5.74, 6) is 0.0616. The molecule has 1 amide bonds. The van der Waals surface area contributed by atoms with Crippen molar-refractivity contribution in [1.82, 2.24) is 14.7 Å². The van der Waals surface area contributed by atoms with E-state index in [1.54, 1.807) is 4.68 Å². The first-order valence-corrected chi connectivity index (χ1v) is 8.63. The monoisotopic (exact) mass is 345 g/mol. The number of halogens is 1. The number of hydrogen-bond acceptors (Lipinski definition) is 3. The van der Waals surface area contributed by atoms with Gasteiger partial charge < -0.3 is 9.64 Å². The number of benzene rings is 1. The van der Waals surface area contributed by atoms with Gasteiger partial charge in [0.15, 0.2) is 0 Å². The summed E-state index contributed by atoms with van der Waals surface area (Å²) in [6, 6.07) is 5.88. The highest BCUT2D eigenvalue weighted by molar-refractivity contribution is 6.30. The molecule has 2 aromatic rings. The van der Waals surface area contributed by atoms with Crippen molar-refractivity contribution >= 4 is 17.5 Å². The highest BCUT2D eigenvalue weighted by Gasteiger charge is 2.34. The topological polar surface area (TPSA) is 47.4 Å². The molecule has 0 radical (unpaired) electrons. The highest BCUT2D eigenvalue weighted by Crippen LogP contribution is 2.38. The summed E-state index contributed by atoms with van der Waals surface area (Å²) in [7, 11) is 1.83. The predicted molar refractivity (Wildman–Crippen MR) is 90.9 cm³/mol. The van der Waals surface area contributed by atoms with E-state index in [-0.39, 0.29) is 11.9 Å². The Morgan fingerprint density at radius 2 is 2.12 bits per heavy atom. The summed E-state index contributed by atoms with van der Waals surface area (Å²) in [5, 5.41) is 5.02. The molecular weight excluding hydrogens is 326 g/mol. The number of hydrogen-bond donors (Lipinski definition) is 0. The first-order valence-electron chi connectivity index (χ1n) is 8.25. The van der Waals surface area contributed by atoms with Gasteiger partial charge in [0.2, 0.25) is 0 Å². The minimum Gasteiger partial charge on any atom is -0.372 e. The van der Waals surface area contributed by atoms with Crippen LogP contribution in [0.2, 0.25) is 5.15 Å². The molecule has 1 fully saturated rings. The van der Waals surface area contributed by atoms with Crippen molar-refractivity contribution in [3.05, 3.63) is 51.3 Å². The minimum absolute atomic E-state index is 0.00297. The molecule has 1 atom stereocenters. The first-order chi connectivity index (χ1) is 11.6. The number of carbonyl (C=O) groups excluding carboxylic acids is 1. The maximum absolute atomic E-state index is 13.1. The summed E-state index contributed by atoms with van der Waals surface area (Å²) in [4.78, 5) is 15.0. The summed E-state index contributed by atoms with van der Waals surface area (Å²) in [6.07, 6.45) is 1.90.